The van der Waals surface area contributed by atoms with Gasteiger partial charge in [-0.25, -0.2) is 0 Å². The third kappa shape index (κ3) is 5.58. The summed E-state index contributed by atoms with van der Waals surface area (Å²) in [5, 5.41) is 2.93. The van der Waals surface area contributed by atoms with E-state index in [4.69, 9.17) is 9.47 Å². The van der Waals surface area contributed by atoms with Crippen LogP contribution in [0.4, 0.5) is 5.69 Å². The maximum absolute atomic E-state index is 12.4. The monoisotopic (exact) mass is 369 g/mol. The number of benzene rings is 2. The molecule has 0 fully saturated rings. The lowest BCUT2D eigenvalue weighted by atomic mass is 9.98. The average molecular weight is 369 g/mol. The summed E-state index contributed by atoms with van der Waals surface area (Å²) >= 11 is 0. The van der Waals surface area contributed by atoms with Crippen LogP contribution in [0.1, 0.15) is 54.6 Å². The second-order valence-electron chi connectivity index (χ2n) is 6.70. The van der Waals surface area contributed by atoms with Crippen molar-refractivity contribution in [3.8, 4) is 11.5 Å². The van der Waals surface area contributed by atoms with Gasteiger partial charge < -0.3 is 14.8 Å². The minimum absolute atomic E-state index is 0.191. The van der Waals surface area contributed by atoms with Gasteiger partial charge >= 0.3 is 0 Å². The van der Waals surface area contributed by atoms with Crippen molar-refractivity contribution in [2.75, 3.05) is 18.5 Å². The molecule has 0 saturated carbocycles. The summed E-state index contributed by atoms with van der Waals surface area (Å²) in [7, 11) is 0. The minimum Gasteiger partial charge on any atom is -0.493 e. The van der Waals surface area contributed by atoms with E-state index in [-0.39, 0.29) is 18.4 Å². The molecule has 1 N–H and O–H groups in total. The molecule has 2 aromatic carbocycles. The summed E-state index contributed by atoms with van der Waals surface area (Å²) in [4.78, 5) is 23.6. The van der Waals surface area contributed by atoms with Gasteiger partial charge in [-0.2, -0.15) is 0 Å². The second-order valence-corrected chi connectivity index (χ2v) is 6.70. The first-order valence-corrected chi connectivity index (χ1v) is 9.20. The van der Waals surface area contributed by atoms with E-state index in [2.05, 4.69) is 19.2 Å². The van der Waals surface area contributed by atoms with Crippen LogP contribution in [0.15, 0.2) is 36.4 Å². The van der Waals surface area contributed by atoms with E-state index in [0.29, 0.717) is 30.0 Å². The van der Waals surface area contributed by atoms with Crippen molar-refractivity contribution in [3.05, 3.63) is 53.1 Å². The molecule has 0 unspecified atom stereocenters. The maximum Gasteiger partial charge on any atom is 0.262 e. The van der Waals surface area contributed by atoms with Gasteiger partial charge in [0.25, 0.3) is 5.91 Å². The fourth-order valence-electron chi connectivity index (χ4n) is 2.71. The van der Waals surface area contributed by atoms with E-state index in [1.807, 2.05) is 32.0 Å². The Bertz CT molecular complexity index is 799. The molecule has 27 heavy (non-hydrogen) atoms. The number of hydrogen-bond acceptors (Lipinski definition) is 4. The summed E-state index contributed by atoms with van der Waals surface area (Å²) in [6.45, 7) is 8.52. The molecular formula is C22H27NO4. The summed E-state index contributed by atoms with van der Waals surface area (Å²) < 4.78 is 11.2. The van der Waals surface area contributed by atoms with E-state index < -0.39 is 0 Å². The summed E-state index contributed by atoms with van der Waals surface area (Å²) in [6, 6.07) is 10.9. The Hall–Kier alpha value is -2.82. The lowest BCUT2D eigenvalue weighted by molar-refractivity contribution is -0.118. The number of hydrogen-bond donors (Lipinski definition) is 1. The molecule has 0 heterocycles. The van der Waals surface area contributed by atoms with Crippen LogP contribution in [0.5, 0.6) is 11.5 Å². The molecule has 144 valence electrons. The van der Waals surface area contributed by atoms with Crippen LogP contribution < -0.4 is 14.8 Å². The highest BCUT2D eigenvalue weighted by Gasteiger charge is 2.13. The molecular weight excluding hydrogens is 342 g/mol. The fraction of sp³-hybridized carbons (Fsp3) is 0.364. The van der Waals surface area contributed by atoms with Crippen LogP contribution in [-0.2, 0) is 4.79 Å². The van der Waals surface area contributed by atoms with Gasteiger partial charge in [0.1, 0.15) is 11.5 Å². The van der Waals surface area contributed by atoms with E-state index in [0.717, 1.165) is 23.2 Å². The van der Waals surface area contributed by atoms with Crippen molar-refractivity contribution in [1.29, 1.82) is 0 Å². The molecule has 1 amide bonds. The normalized spacial score (nSPS) is 10.6. The summed E-state index contributed by atoms with van der Waals surface area (Å²) in [5.74, 6) is 0.958. The van der Waals surface area contributed by atoms with Crippen LogP contribution in [-0.4, -0.2) is 25.4 Å². The SMILES string of the molecule is CCCOc1ccc(C=O)c(OCC(=O)Nc2c(C)cccc2C(C)C)c1. The predicted molar refractivity (Wildman–Crippen MR) is 107 cm³/mol. The highest BCUT2D eigenvalue weighted by Crippen LogP contribution is 2.28. The summed E-state index contributed by atoms with van der Waals surface area (Å²) in [5.41, 5.74) is 3.27. The van der Waals surface area contributed by atoms with Crippen LogP contribution in [0.25, 0.3) is 0 Å². The van der Waals surface area contributed by atoms with E-state index in [1.54, 1.807) is 18.2 Å². The molecule has 0 atom stereocenters. The fourth-order valence-corrected chi connectivity index (χ4v) is 2.71. The zero-order valence-electron chi connectivity index (χ0n) is 16.4. The first-order valence-electron chi connectivity index (χ1n) is 9.20. The molecule has 0 aromatic heterocycles. The minimum atomic E-state index is -0.275. The van der Waals surface area contributed by atoms with E-state index in [1.165, 1.54) is 0 Å². The molecule has 0 radical (unpaired) electrons. The molecule has 0 aliphatic carbocycles. The molecule has 0 saturated heterocycles. The number of ether oxygens (including phenoxy) is 2. The molecule has 0 spiro atoms. The van der Waals surface area contributed by atoms with Gasteiger partial charge in [-0.3, -0.25) is 9.59 Å². The van der Waals surface area contributed by atoms with Crippen molar-refractivity contribution >= 4 is 17.9 Å². The highest BCUT2D eigenvalue weighted by molar-refractivity contribution is 5.93. The van der Waals surface area contributed by atoms with Crippen molar-refractivity contribution in [2.45, 2.75) is 40.0 Å². The maximum atomic E-state index is 12.4. The van der Waals surface area contributed by atoms with Crippen molar-refractivity contribution in [2.24, 2.45) is 0 Å². The lowest BCUT2D eigenvalue weighted by Crippen LogP contribution is -2.22. The van der Waals surface area contributed by atoms with Crippen molar-refractivity contribution in [3.63, 3.8) is 0 Å². The molecule has 0 aliphatic rings. The van der Waals surface area contributed by atoms with Gasteiger partial charge in [0.2, 0.25) is 0 Å². The standard InChI is InChI=1S/C22H27NO4/c1-5-11-26-18-10-9-17(13-24)20(12-18)27-14-21(25)23-22-16(4)7-6-8-19(22)15(2)3/h6-10,12-13,15H,5,11,14H2,1-4H3,(H,23,25). The molecule has 2 aromatic rings. The number of carbonyl (C=O) groups is 2. The van der Waals surface area contributed by atoms with Crippen LogP contribution >= 0.6 is 0 Å². The largest absolute Gasteiger partial charge is 0.493 e. The summed E-state index contributed by atoms with van der Waals surface area (Å²) in [6.07, 6.45) is 1.58. The Balaban J connectivity index is 2.09. The molecule has 0 bridgehead atoms. The first-order chi connectivity index (χ1) is 13.0. The Kier molecular flexibility index (Phi) is 7.41. The van der Waals surface area contributed by atoms with E-state index in [9.17, 15) is 9.59 Å². The molecule has 5 heteroatoms. The van der Waals surface area contributed by atoms with Crippen LogP contribution in [0, 0.1) is 6.92 Å². The number of carbonyl (C=O) groups excluding carboxylic acids is 2. The predicted octanol–water partition coefficient (Wildman–Crippen LogP) is 4.74. The Morgan fingerprint density at radius 3 is 2.63 bits per heavy atom. The van der Waals surface area contributed by atoms with Gasteiger partial charge in [-0.05, 0) is 42.5 Å². The van der Waals surface area contributed by atoms with Gasteiger partial charge in [0.15, 0.2) is 12.9 Å². The van der Waals surface area contributed by atoms with Crippen molar-refractivity contribution < 1.29 is 19.1 Å². The van der Waals surface area contributed by atoms with Crippen LogP contribution in [0.2, 0.25) is 0 Å². The highest BCUT2D eigenvalue weighted by atomic mass is 16.5. The quantitative estimate of drug-likeness (QED) is 0.649. The van der Waals surface area contributed by atoms with Gasteiger partial charge in [0.05, 0.1) is 12.2 Å². The number of anilines is 1. The number of nitrogens with one attached hydrogen (secondary N) is 1. The smallest absolute Gasteiger partial charge is 0.262 e. The van der Waals surface area contributed by atoms with Gasteiger partial charge in [0, 0.05) is 11.8 Å². The number of aldehydes is 1. The average Bonchev–Trinajstić information content (AvgIpc) is 2.66. The molecule has 5 nitrogen and oxygen atoms in total. The zero-order chi connectivity index (χ0) is 19.8. The molecule has 0 aliphatic heterocycles. The Morgan fingerprint density at radius 1 is 1.19 bits per heavy atom. The third-order valence-corrected chi connectivity index (χ3v) is 4.14. The van der Waals surface area contributed by atoms with E-state index >= 15 is 0 Å². The molecule has 2 rings (SSSR count). The van der Waals surface area contributed by atoms with Gasteiger partial charge in [-0.1, -0.05) is 39.0 Å². The topological polar surface area (TPSA) is 64.6 Å². The van der Waals surface area contributed by atoms with Crippen molar-refractivity contribution in [1.82, 2.24) is 0 Å². The number of para-hydroxylation sites is 1. The van der Waals surface area contributed by atoms with Crippen LogP contribution in [0.3, 0.4) is 0 Å². The lowest BCUT2D eigenvalue weighted by Gasteiger charge is -2.17. The Morgan fingerprint density at radius 2 is 1.96 bits per heavy atom. The van der Waals surface area contributed by atoms with Gasteiger partial charge in [-0.15, -0.1) is 0 Å². The number of amides is 1. The second kappa shape index (κ2) is 9.76. The third-order valence-electron chi connectivity index (χ3n) is 4.14. The number of aryl methyl sites for hydroxylation is 1. The first kappa shape index (κ1) is 20.5. The zero-order valence-corrected chi connectivity index (χ0v) is 16.4. The Labute approximate surface area is 160 Å². The number of rotatable bonds is 9.